The zero-order valence-electron chi connectivity index (χ0n) is 20.0. The van der Waals surface area contributed by atoms with Crippen LogP contribution >= 0.6 is 0 Å². The first-order valence-electron chi connectivity index (χ1n) is 11.7. The molecule has 2 aromatic carbocycles. The van der Waals surface area contributed by atoms with Gasteiger partial charge in [0.15, 0.2) is 6.29 Å². The van der Waals surface area contributed by atoms with Crippen LogP contribution in [-0.4, -0.2) is 52.0 Å². The number of aldehydes is 1. The largest absolute Gasteiger partial charge is 0.383 e. The summed E-state index contributed by atoms with van der Waals surface area (Å²) in [6.45, 7) is 2.91. The van der Waals surface area contributed by atoms with E-state index in [-0.39, 0.29) is 11.9 Å². The molecule has 0 spiro atoms. The summed E-state index contributed by atoms with van der Waals surface area (Å²) < 4.78 is 1.76. The Morgan fingerprint density at radius 3 is 2.34 bits per heavy atom. The first kappa shape index (κ1) is 24.1. The third-order valence-corrected chi connectivity index (χ3v) is 6.39. The van der Waals surface area contributed by atoms with Crippen LogP contribution in [0.2, 0.25) is 0 Å². The summed E-state index contributed by atoms with van der Waals surface area (Å²) in [6.07, 6.45) is 2.28. The zero-order chi connectivity index (χ0) is 24.9. The van der Waals surface area contributed by atoms with Crippen molar-refractivity contribution in [3.05, 3.63) is 66.2 Å². The molecule has 1 amide bonds. The van der Waals surface area contributed by atoms with E-state index in [0.29, 0.717) is 30.2 Å². The molecule has 1 saturated heterocycles. The van der Waals surface area contributed by atoms with Crippen LogP contribution in [0.1, 0.15) is 36.2 Å². The van der Waals surface area contributed by atoms with Gasteiger partial charge in [-0.1, -0.05) is 48.5 Å². The second kappa shape index (κ2) is 10.5. The number of carbonyl (C=O) groups excluding carboxylic acids is 2. The molecule has 180 valence electrons. The number of aromatic nitrogens is 3. The molecule has 1 aliphatic rings. The normalized spacial score (nSPS) is 13.9. The molecular formula is C27H30N6O2. The predicted octanol–water partition coefficient (Wildman–Crippen LogP) is 3.92. The third kappa shape index (κ3) is 4.79. The van der Waals surface area contributed by atoms with E-state index >= 15 is 0 Å². The molecule has 1 fully saturated rings. The molecule has 2 aromatic heterocycles. The number of anilines is 1. The van der Waals surface area contributed by atoms with Gasteiger partial charge in [-0.15, -0.1) is 0 Å². The Bertz CT molecular complexity index is 1340. The standard InChI is InChI=1S/C26H25N5O2.CH5N/c1-17(33)30-13-11-21(12-14-30)31-26(27)22(16-32)25(29-31)20-8-7-19-9-10-23(28-24(19)15-20)18-5-3-2-4-6-18;1-2/h2-10,15-16,21H,11-14,27H2,1H3;2H2,1H3. The van der Waals surface area contributed by atoms with Crippen LogP contribution in [0.4, 0.5) is 5.82 Å². The summed E-state index contributed by atoms with van der Waals surface area (Å²) in [6, 6.07) is 20.0. The number of pyridine rings is 1. The highest BCUT2D eigenvalue weighted by molar-refractivity contribution is 5.94. The Morgan fingerprint density at radius 2 is 1.69 bits per heavy atom. The van der Waals surface area contributed by atoms with Crippen molar-refractivity contribution in [3.8, 4) is 22.5 Å². The van der Waals surface area contributed by atoms with Gasteiger partial charge >= 0.3 is 0 Å². The molecule has 0 bridgehead atoms. The first-order valence-corrected chi connectivity index (χ1v) is 11.7. The summed E-state index contributed by atoms with van der Waals surface area (Å²) >= 11 is 0. The van der Waals surface area contributed by atoms with E-state index in [0.717, 1.165) is 46.9 Å². The Kier molecular flexibility index (Phi) is 7.22. The van der Waals surface area contributed by atoms with Gasteiger partial charge in [-0.2, -0.15) is 5.10 Å². The molecule has 0 aliphatic carbocycles. The van der Waals surface area contributed by atoms with Crippen LogP contribution in [0.5, 0.6) is 0 Å². The van der Waals surface area contributed by atoms with E-state index in [1.807, 2.05) is 65.6 Å². The highest BCUT2D eigenvalue weighted by Crippen LogP contribution is 2.33. The quantitative estimate of drug-likeness (QED) is 0.436. The van der Waals surface area contributed by atoms with Crippen LogP contribution in [0.25, 0.3) is 33.4 Å². The van der Waals surface area contributed by atoms with Crippen LogP contribution in [0.3, 0.4) is 0 Å². The van der Waals surface area contributed by atoms with Gasteiger partial charge in [0.1, 0.15) is 11.5 Å². The molecule has 35 heavy (non-hydrogen) atoms. The van der Waals surface area contributed by atoms with E-state index in [9.17, 15) is 9.59 Å². The molecular weight excluding hydrogens is 440 g/mol. The second-order valence-corrected chi connectivity index (χ2v) is 8.42. The molecule has 0 unspecified atom stereocenters. The lowest BCUT2D eigenvalue weighted by molar-refractivity contribution is -0.130. The van der Waals surface area contributed by atoms with Gasteiger partial charge in [0.2, 0.25) is 5.91 Å². The topological polar surface area (TPSA) is 120 Å². The minimum Gasteiger partial charge on any atom is -0.383 e. The molecule has 0 radical (unpaired) electrons. The highest BCUT2D eigenvalue weighted by atomic mass is 16.2. The van der Waals surface area contributed by atoms with Crippen molar-refractivity contribution in [3.63, 3.8) is 0 Å². The number of rotatable bonds is 4. The van der Waals surface area contributed by atoms with E-state index in [1.165, 1.54) is 7.05 Å². The summed E-state index contributed by atoms with van der Waals surface area (Å²) in [7, 11) is 1.50. The van der Waals surface area contributed by atoms with E-state index in [2.05, 4.69) is 5.73 Å². The molecule has 3 heterocycles. The third-order valence-electron chi connectivity index (χ3n) is 6.39. The Labute approximate surface area is 204 Å². The Morgan fingerprint density at radius 1 is 1.00 bits per heavy atom. The van der Waals surface area contributed by atoms with Gasteiger partial charge in [0, 0.05) is 36.5 Å². The zero-order valence-corrected chi connectivity index (χ0v) is 20.0. The molecule has 8 heteroatoms. The monoisotopic (exact) mass is 470 g/mol. The molecule has 4 aromatic rings. The van der Waals surface area contributed by atoms with Crippen LogP contribution in [0.15, 0.2) is 60.7 Å². The minimum absolute atomic E-state index is 0.0521. The molecule has 4 N–H and O–H groups in total. The number of hydrogen-bond donors (Lipinski definition) is 2. The van der Waals surface area contributed by atoms with Crippen molar-refractivity contribution in [2.24, 2.45) is 5.73 Å². The number of carbonyl (C=O) groups is 2. The van der Waals surface area contributed by atoms with E-state index in [4.69, 9.17) is 15.8 Å². The van der Waals surface area contributed by atoms with E-state index < -0.39 is 0 Å². The Balaban J connectivity index is 0.00000141. The maximum Gasteiger partial charge on any atom is 0.219 e. The van der Waals surface area contributed by atoms with Crippen LogP contribution < -0.4 is 11.5 Å². The number of nitrogens with two attached hydrogens (primary N) is 2. The lowest BCUT2D eigenvalue weighted by Crippen LogP contribution is -2.38. The lowest BCUT2D eigenvalue weighted by Gasteiger charge is -2.31. The van der Waals surface area contributed by atoms with Crippen LogP contribution in [-0.2, 0) is 4.79 Å². The van der Waals surface area contributed by atoms with Crippen LogP contribution in [0, 0.1) is 0 Å². The van der Waals surface area contributed by atoms with Gasteiger partial charge in [0.25, 0.3) is 0 Å². The molecule has 5 rings (SSSR count). The van der Waals surface area contributed by atoms with Crippen molar-refractivity contribution < 1.29 is 9.59 Å². The average molecular weight is 471 g/mol. The number of benzene rings is 2. The highest BCUT2D eigenvalue weighted by Gasteiger charge is 2.27. The first-order chi connectivity index (χ1) is 17.0. The number of fused-ring (bicyclic) bond motifs is 1. The number of amides is 1. The van der Waals surface area contributed by atoms with E-state index in [1.54, 1.807) is 11.6 Å². The number of nitrogen functional groups attached to an aromatic ring is 1. The summed E-state index contributed by atoms with van der Waals surface area (Å²) in [5.74, 6) is 0.446. The fourth-order valence-electron chi connectivity index (χ4n) is 4.53. The van der Waals surface area contributed by atoms with Gasteiger partial charge in [-0.3, -0.25) is 9.59 Å². The van der Waals surface area contributed by atoms with Gasteiger partial charge in [-0.25, -0.2) is 9.67 Å². The maximum absolute atomic E-state index is 12.0. The average Bonchev–Trinajstić information content (AvgIpc) is 3.25. The van der Waals surface area contributed by atoms with Gasteiger partial charge in [0.05, 0.1) is 22.8 Å². The minimum atomic E-state index is 0.0521. The number of hydrogen-bond acceptors (Lipinski definition) is 6. The molecule has 8 nitrogen and oxygen atoms in total. The summed E-state index contributed by atoms with van der Waals surface area (Å²) in [5.41, 5.74) is 15.4. The Hall–Kier alpha value is -4.04. The van der Waals surface area contributed by atoms with Crippen molar-refractivity contribution in [1.82, 2.24) is 19.7 Å². The predicted molar refractivity (Wildman–Crippen MR) is 139 cm³/mol. The smallest absolute Gasteiger partial charge is 0.219 e. The second-order valence-electron chi connectivity index (χ2n) is 8.42. The number of likely N-dealkylation sites (tertiary alicyclic amines) is 1. The van der Waals surface area contributed by atoms with Gasteiger partial charge in [-0.05, 0) is 32.0 Å². The molecule has 1 aliphatic heterocycles. The van der Waals surface area contributed by atoms with Crippen molar-refractivity contribution in [1.29, 1.82) is 0 Å². The fourth-order valence-corrected chi connectivity index (χ4v) is 4.53. The lowest BCUT2D eigenvalue weighted by atomic mass is 10.0. The summed E-state index contributed by atoms with van der Waals surface area (Å²) in [5, 5.41) is 5.77. The number of nitrogens with zero attached hydrogens (tertiary/aromatic N) is 4. The fraction of sp³-hybridized carbons (Fsp3) is 0.259. The maximum atomic E-state index is 12.0. The number of piperidine rings is 1. The molecule has 0 saturated carbocycles. The van der Waals surface area contributed by atoms with Crippen molar-refractivity contribution >= 4 is 28.9 Å². The molecule has 0 atom stereocenters. The summed E-state index contributed by atoms with van der Waals surface area (Å²) in [4.78, 5) is 30.3. The SMILES string of the molecule is CC(=O)N1CCC(n2nc(-c3ccc4ccc(-c5ccccc5)nc4c3)c(C=O)c2N)CC1.CN. The van der Waals surface area contributed by atoms with Crippen molar-refractivity contribution in [2.45, 2.75) is 25.8 Å². The van der Waals surface area contributed by atoms with Gasteiger partial charge < -0.3 is 16.4 Å². The van der Waals surface area contributed by atoms with Crippen molar-refractivity contribution in [2.75, 3.05) is 25.9 Å².